The second-order valence-corrected chi connectivity index (χ2v) is 9.21. The Hall–Kier alpha value is -4.69. The standard InChI is InChI=1S/C27H26N8O3/c1-17(10-26(36)37)22-7-3-6-20(29-22)14-35-15-25(33-34-35)24-12-23(19-5-2-4-18(11-19)13-28)31-27(32-24)30-21-8-9-38-16-21/h2-7,11-12,15,17,21H,8-10,14,16H2,1H3,(H,36,37)(H,30,31,32)/t17?,21-/m1/s1. The summed E-state index contributed by atoms with van der Waals surface area (Å²) in [5, 5.41) is 30.4. The third-order valence-corrected chi connectivity index (χ3v) is 6.22. The summed E-state index contributed by atoms with van der Waals surface area (Å²) in [7, 11) is 0. The Morgan fingerprint density at radius 2 is 2.03 bits per heavy atom. The Kier molecular flexibility index (Phi) is 7.33. The number of nitrogens with zero attached hydrogens (tertiary/aromatic N) is 7. The normalized spacial score (nSPS) is 15.6. The molecule has 5 rings (SSSR count). The molecule has 4 aromatic rings. The lowest BCUT2D eigenvalue weighted by Gasteiger charge is -2.13. The van der Waals surface area contributed by atoms with E-state index < -0.39 is 5.97 Å². The van der Waals surface area contributed by atoms with Gasteiger partial charge in [0.1, 0.15) is 5.69 Å². The van der Waals surface area contributed by atoms with Gasteiger partial charge in [-0.25, -0.2) is 14.6 Å². The van der Waals surface area contributed by atoms with Gasteiger partial charge < -0.3 is 15.2 Å². The predicted octanol–water partition coefficient (Wildman–Crippen LogP) is 3.50. The van der Waals surface area contributed by atoms with Crippen LogP contribution < -0.4 is 5.32 Å². The van der Waals surface area contributed by atoms with Crippen LogP contribution in [0.25, 0.3) is 22.6 Å². The second-order valence-electron chi connectivity index (χ2n) is 9.21. The average molecular weight is 511 g/mol. The van der Waals surface area contributed by atoms with Crippen LogP contribution in [0, 0.1) is 11.3 Å². The van der Waals surface area contributed by atoms with E-state index in [2.05, 4.69) is 26.7 Å². The number of nitriles is 1. The molecule has 0 bridgehead atoms. The molecule has 1 fully saturated rings. The van der Waals surface area contributed by atoms with Crippen LogP contribution >= 0.6 is 0 Å². The van der Waals surface area contributed by atoms with Gasteiger partial charge in [-0.2, -0.15) is 5.26 Å². The van der Waals surface area contributed by atoms with E-state index in [4.69, 9.17) is 19.8 Å². The molecule has 11 heteroatoms. The number of ether oxygens (including phenoxy) is 1. The lowest BCUT2D eigenvalue weighted by Crippen LogP contribution is -2.20. The first kappa shape index (κ1) is 25.0. The van der Waals surface area contributed by atoms with Crippen molar-refractivity contribution >= 4 is 11.9 Å². The number of anilines is 1. The summed E-state index contributed by atoms with van der Waals surface area (Å²) >= 11 is 0. The molecule has 38 heavy (non-hydrogen) atoms. The Morgan fingerprint density at radius 3 is 2.82 bits per heavy atom. The number of hydrogen-bond acceptors (Lipinski definition) is 9. The number of carbonyl (C=O) groups is 1. The van der Waals surface area contributed by atoms with E-state index in [-0.39, 0.29) is 18.4 Å². The van der Waals surface area contributed by atoms with Gasteiger partial charge in [0.05, 0.1) is 60.5 Å². The number of benzene rings is 1. The summed E-state index contributed by atoms with van der Waals surface area (Å²) in [6.07, 6.45) is 2.66. The van der Waals surface area contributed by atoms with Crippen LogP contribution in [0.1, 0.15) is 42.6 Å². The molecule has 4 heterocycles. The summed E-state index contributed by atoms with van der Waals surface area (Å²) in [5.41, 5.74) is 4.60. The van der Waals surface area contributed by atoms with Crippen LogP contribution in [-0.2, 0) is 16.1 Å². The van der Waals surface area contributed by atoms with Crippen molar-refractivity contribution in [2.24, 2.45) is 0 Å². The van der Waals surface area contributed by atoms with Crippen LogP contribution in [-0.4, -0.2) is 60.3 Å². The molecular weight excluding hydrogens is 484 g/mol. The topological polar surface area (TPSA) is 152 Å². The summed E-state index contributed by atoms with van der Waals surface area (Å²) in [5.74, 6) is -0.607. The van der Waals surface area contributed by atoms with Gasteiger partial charge >= 0.3 is 5.97 Å². The fourth-order valence-corrected chi connectivity index (χ4v) is 4.26. The lowest BCUT2D eigenvalue weighted by molar-refractivity contribution is -0.137. The molecule has 3 aromatic heterocycles. The van der Waals surface area contributed by atoms with Gasteiger partial charge in [-0.05, 0) is 36.8 Å². The molecule has 1 saturated heterocycles. The van der Waals surface area contributed by atoms with Crippen molar-refractivity contribution in [3.63, 3.8) is 0 Å². The van der Waals surface area contributed by atoms with E-state index in [1.807, 2.05) is 43.3 Å². The van der Waals surface area contributed by atoms with Crippen LogP contribution in [0.5, 0.6) is 0 Å². The average Bonchev–Trinajstić information content (AvgIpc) is 3.61. The number of hydrogen-bond donors (Lipinski definition) is 2. The van der Waals surface area contributed by atoms with E-state index >= 15 is 0 Å². The first-order valence-electron chi connectivity index (χ1n) is 12.3. The van der Waals surface area contributed by atoms with E-state index in [9.17, 15) is 10.1 Å². The molecule has 0 radical (unpaired) electrons. The van der Waals surface area contributed by atoms with Crippen LogP contribution in [0.15, 0.2) is 54.7 Å². The van der Waals surface area contributed by atoms with Gasteiger partial charge in [0.25, 0.3) is 0 Å². The molecule has 192 valence electrons. The molecule has 2 atom stereocenters. The van der Waals surface area contributed by atoms with Crippen molar-refractivity contribution in [2.75, 3.05) is 18.5 Å². The number of carboxylic acid groups (broad SMARTS) is 1. The maximum atomic E-state index is 11.1. The molecule has 0 amide bonds. The zero-order valence-electron chi connectivity index (χ0n) is 20.8. The zero-order valence-corrected chi connectivity index (χ0v) is 20.8. The molecule has 0 spiro atoms. The van der Waals surface area contributed by atoms with Gasteiger partial charge in [-0.1, -0.05) is 30.3 Å². The van der Waals surface area contributed by atoms with Crippen molar-refractivity contribution in [3.05, 3.63) is 71.7 Å². The molecule has 1 aliphatic rings. The second kappa shape index (κ2) is 11.1. The van der Waals surface area contributed by atoms with E-state index in [1.165, 1.54) is 0 Å². The molecule has 2 N–H and O–H groups in total. The summed E-state index contributed by atoms with van der Waals surface area (Å²) in [4.78, 5) is 25.1. The van der Waals surface area contributed by atoms with Crippen molar-refractivity contribution in [1.29, 1.82) is 5.26 Å². The van der Waals surface area contributed by atoms with E-state index in [1.54, 1.807) is 23.0 Å². The van der Waals surface area contributed by atoms with Crippen molar-refractivity contribution < 1.29 is 14.6 Å². The minimum absolute atomic E-state index is 0.0145. The van der Waals surface area contributed by atoms with Gasteiger partial charge in [0, 0.05) is 23.8 Å². The monoisotopic (exact) mass is 510 g/mol. The van der Waals surface area contributed by atoms with Crippen molar-refractivity contribution in [2.45, 2.75) is 38.3 Å². The highest BCUT2D eigenvalue weighted by atomic mass is 16.5. The number of rotatable bonds is 9. The lowest BCUT2D eigenvalue weighted by atomic mass is 10.0. The Labute approximate surface area is 219 Å². The zero-order chi connectivity index (χ0) is 26.5. The highest BCUT2D eigenvalue weighted by Crippen LogP contribution is 2.26. The van der Waals surface area contributed by atoms with Crippen LogP contribution in [0.4, 0.5) is 5.95 Å². The van der Waals surface area contributed by atoms with Crippen molar-refractivity contribution in [1.82, 2.24) is 29.9 Å². The molecule has 0 saturated carbocycles. The maximum Gasteiger partial charge on any atom is 0.304 e. The van der Waals surface area contributed by atoms with Gasteiger partial charge in [0.15, 0.2) is 0 Å². The van der Waals surface area contributed by atoms with Crippen LogP contribution in [0.3, 0.4) is 0 Å². The fourth-order valence-electron chi connectivity index (χ4n) is 4.26. The Morgan fingerprint density at radius 1 is 1.18 bits per heavy atom. The number of pyridine rings is 1. The predicted molar refractivity (Wildman–Crippen MR) is 138 cm³/mol. The SMILES string of the molecule is CC(CC(=O)O)c1cccc(Cn2cc(-c3cc(-c4cccc(C#N)c4)nc(N[C@@H]4CCOC4)n3)nn2)n1. The highest BCUT2D eigenvalue weighted by Gasteiger charge is 2.19. The maximum absolute atomic E-state index is 11.1. The highest BCUT2D eigenvalue weighted by molar-refractivity contribution is 5.69. The molecule has 1 unspecified atom stereocenters. The summed E-state index contributed by atoms with van der Waals surface area (Å²) < 4.78 is 7.14. The number of carboxylic acids is 1. The first-order valence-corrected chi connectivity index (χ1v) is 12.3. The molecule has 1 aliphatic heterocycles. The molecule has 1 aromatic carbocycles. The smallest absolute Gasteiger partial charge is 0.304 e. The third kappa shape index (κ3) is 5.99. The number of nitrogens with one attached hydrogen (secondary N) is 1. The van der Waals surface area contributed by atoms with Gasteiger partial charge in [0.2, 0.25) is 5.95 Å². The Balaban J connectivity index is 1.43. The van der Waals surface area contributed by atoms with Crippen LogP contribution in [0.2, 0.25) is 0 Å². The summed E-state index contributed by atoms with van der Waals surface area (Å²) in [6.45, 7) is 3.48. The van der Waals surface area contributed by atoms with Gasteiger partial charge in [-0.15, -0.1) is 5.10 Å². The summed E-state index contributed by atoms with van der Waals surface area (Å²) in [6, 6.07) is 16.9. The van der Waals surface area contributed by atoms with E-state index in [0.29, 0.717) is 48.4 Å². The quantitative estimate of drug-likeness (QED) is 0.342. The molecule has 11 nitrogen and oxygen atoms in total. The van der Waals surface area contributed by atoms with Crippen molar-refractivity contribution in [3.8, 4) is 28.7 Å². The molecular formula is C27H26N8O3. The number of aliphatic carboxylic acids is 1. The number of aromatic nitrogens is 6. The third-order valence-electron chi connectivity index (χ3n) is 6.22. The largest absolute Gasteiger partial charge is 0.481 e. The minimum Gasteiger partial charge on any atom is -0.481 e. The van der Waals surface area contributed by atoms with E-state index in [0.717, 1.165) is 23.4 Å². The first-order chi connectivity index (χ1) is 18.5. The Bertz CT molecular complexity index is 1490. The minimum atomic E-state index is -0.858. The molecule has 0 aliphatic carbocycles. The fraction of sp³-hybridized carbons (Fsp3) is 0.296. The van der Waals surface area contributed by atoms with Gasteiger partial charge in [-0.3, -0.25) is 9.78 Å².